The van der Waals surface area contributed by atoms with E-state index in [2.05, 4.69) is 20.9 Å². The molecular weight excluding hydrogens is 620 g/mol. The third kappa shape index (κ3) is 9.80. The molecule has 0 aliphatic rings. The third-order valence-electron chi connectivity index (χ3n) is 7.76. The summed E-state index contributed by atoms with van der Waals surface area (Å²) >= 11 is 0. The first-order chi connectivity index (χ1) is 22.9. The second-order valence-corrected chi connectivity index (χ2v) is 11.4. The molecule has 14 heteroatoms. The molecule has 4 amide bonds. The van der Waals surface area contributed by atoms with Gasteiger partial charge in [-0.05, 0) is 59.9 Å². The Kier molecular flexibility index (Phi) is 11.7. The number of phenolic OH excluding ortho intramolecular Hbond substituents is 2. The molecule has 1 heterocycles. The molecule has 0 radical (unpaired) electrons. The first-order valence-corrected chi connectivity index (χ1v) is 15.2. The fourth-order valence-electron chi connectivity index (χ4n) is 5.15. The van der Waals surface area contributed by atoms with Crippen LogP contribution in [0.5, 0.6) is 11.5 Å². The number of aliphatic carboxylic acids is 1. The lowest BCUT2D eigenvalue weighted by Gasteiger charge is -2.25. The van der Waals surface area contributed by atoms with Gasteiger partial charge in [0.05, 0.1) is 6.04 Å². The molecule has 0 saturated carbocycles. The summed E-state index contributed by atoms with van der Waals surface area (Å²) in [6.45, 7) is 0. The van der Waals surface area contributed by atoms with E-state index >= 15 is 0 Å². The zero-order valence-electron chi connectivity index (χ0n) is 25.9. The Morgan fingerprint density at radius 3 is 1.71 bits per heavy atom. The van der Waals surface area contributed by atoms with Gasteiger partial charge in [-0.2, -0.15) is 0 Å². The molecule has 252 valence electrons. The number of rotatable bonds is 16. The number of amides is 4. The van der Waals surface area contributed by atoms with E-state index in [1.165, 1.54) is 36.4 Å². The Labute approximate surface area is 275 Å². The summed E-state index contributed by atoms with van der Waals surface area (Å²) in [5.41, 5.74) is 14.2. The zero-order valence-corrected chi connectivity index (χ0v) is 25.9. The Balaban J connectivity index is 1.56. The van der Waals surface area contributed by atoms with E-state index in [1.54, 1.807) is 18.3 Å². The summed E-state index contributed by atoms with van der Waals surface area (Å²) in [5.74, 6) is -4.43. The average molecular weight is 659 g/mol. The fraction of sp³-hybridized carbons (Fsp3) is 0.265. The second-order valence-electron chi connectivity index (χ2n) is 11.4. The van der Waals surface area contributed by atoms with Crippen LogP contribution >= 0.6 is 0 Å². The quantitative estimate of drug-likeness (QED) is 0.0822. The molecule has 4 unspecified atom stereocenters. The number of carboxylic acid groups (broad SMARTS) is 1. The van der Waals surface area contributed by atoms with Crippen LogP contribution in [-0.4, -0.2) is 74.1 Å². The van der Waals surface area contributed by atoms with Gasteiger partial charge < -0.3 is 47.7 Å². The molecule has 14 nitrogen and oxygen atoms in total. The number of nitrogens with two attached hydrogens (primary N) is 2. The van der Waals surface area contributed by atoms with E-state index in [0.29, 0.717) is 11.1 Å². The minimum atomic E-state index is -1.47. The standard InChI is InChI=1S/C34H38N6O8/c35-25(17-21-18-37-26-4-2-1-3-24(21)26)31(44)39-28(15-19-5-9-22(41)10-6-19)33(46)40-29(16-20-7-11-23(42)12-8-20)32(45)38-27(34(47)48)13-14-30(36)43/h1-12,18,25,27-29,37,41-42H,13-17,35H2,(H2,36,43)(H,38,45)(H,39,44)(H,40,46)(H,47,48). The normalized spacial score (nSPS) is 13.5. The molecule has 3 aromatic carbocycles. The van der Waals surface area contributed by atoms with E-state index < -0.39 is 53.8 Å². The molecular formula is C34H38N6O8. The van der Waals surface area contributed by atoms with Crippen LogP contribution in [0.1, 0.15) is 29.5 Å². The summed E-state index contributed by atoms with van der Waals surface area (Å²) in [5, 5.41) is 37.6. The number of aromatic nitrogens is 1. The molecule has 0 aliphatic carbocycles. The van der Waals surface area contributed by atoms with Crippen LogP contribution in [0.4, 0.5) is 0 Å². The summed E-state index contributed by atoms with van der Waals surface area (Å²) < 4.78 is 0. The topological polar surface area (TPSA) is 250 Å². The molecule has 0 saturated heterocycles. The van der Waals surface area contributed by atoms with Gasteiger partial charge in [-0.3, -0.25) is 19.2 Å². The van der Waals surface area contributed by atoms with E-state index in [4.69, 9.17) is 11.5 Å². The van der Waals surface area contributed by atoms with Gasteiger partial charge in [0.2, 0.25) is 23.6 Å². The van der Waals surface area contributed by atoms with Crippen molar-refractivity contribution in [2.45, 2.75) is 56.3 Å². The lowest BCUT2D eigenvalue weighted by molar-refractivity contribution is -0.142. The van der Waals surface area contributed by atoms with Crippen molar-refractivity contribution in [2.24, 2.45) is 11.5 Å². The van der Waals surface area contributed by atoms with Crippen LogP contribution in [0.25, 0.3) is 10.9 Å². The number of fused-ring (bicyclic) bond motifs is 1. The number of aromatic amines is 1. The minimum absolute atomic E-state index is 0.000471. The number of nitrogens with one attached hydrogen (secondary N) is 4. The predicted octanol–water partition coefficient (Wildman–Crippen LogP) is 0.739. The second kappa shape index (κ2) is 16.1. The fourth-order valence-corrected chi connectivity index (χ4v) is 5.15. The van der Waals surface area contributed by atoms with Gasteiger partial charge in [-0.15, -0.1) is 0 Å². The number of benzene rings is 3. The smallest absolute Gasteiger partial charge is 0.326 e. The van der Waals surface area contributed by atoms with Gasteiger partial charge >= 0.3 is 5.97 Å². The van der Waals surface area contributed by atoms with Crippen molar-refractivity contribution in [3.63, 3.8) is 0 Å². The highest BCUT2D eigenvalue weighted by Gasteiger charge is 2.31. The van der Waals surface area contributed by atoms with Gasteiger partial charge in [0, 0.05) is 36.4 Å². The zero-order chi connectivity index (χ0) is 34.8. The number of carbonyl (C=O) groups is 5. The van der Waals surface area contributed by atoms with Crippen LogP contribution < -0.4 is 27.4 Å². The molecule has 11 N–H and O–H groups in total. The summed E-state index contributed by atoms with van der Waals surface area (Å²) in [6, 6.07) is 14.3. The molecule has 4 rings (SSSR count). The molecule has 0 fully saturated rings. The van der Waals surface area contributed by atoms with Gasteiger partial charge in [-0.1, -0.05) is 42.5 Å². The van der Waals surface area contributed by atoms with Gasteiger partial charge in [-0.25, -0.2) is 4.79 Å². The largest absolute Gasteiger partial charge is 0.508 e. The molecule has 1 aromatic heterocycles. The van der Waals surface area contributed by atoms with Crippen molar-refractivity contribution in [1.82, 2.24) is 20.9 Å². The highest BCUT2D eigenvalue weighted by Crippen LogP contribution is 2.19. The lowest BCUT2D eigenvalue weighted by Crippen LogP contribution is -2.58. The van der Waals surface area contributed by atoms with Gasteiger partial charge in [0.25, 0.3) is 0 Å². The summed E-state index contributed by atoms with van der Waals surface area (Å²) in [6.07, 6.45) is 1.20. The molecule has 0 spiro atoms. The predicted molar refractivity (Wildman–Crippen MR) is 175 cm³/mol. The summed E-state index contributed by atoms with van der Waals surface area (Å²) in [4.78, 5) is 66.9. The Morgan fingerprint density at radius 1 is 0.688 bits per heavy atom. The maximum Gasteiger partial charge on any atom is 0.326 e. The van der Waals surface area contributed by atoms with E-state index in [0.717, 1.165) is 16.5 Å². The Morgan fingerprint density at radius 2 is 1.19 bits per heavy atom. The number of para-hydroxylation sites is 1. The number of hydrogen-bond acceptors (Lipinski definition) is 8. The molecule has 48 heavy (non-hydrogen) atoms. The van der Waals surface area contributed by atoms with Crippen LogP contribution in [0.3, 0.4) is 0 Å². The van der Waals surface area contributed by atoms with Crippen LogP contribution in [0.2, 0.25) is 0 Å². The molecule has 0 aliphatic heterocycles. The molecule has 4 atom stereocenters. The molecule has 0 bridgehead atoms. The highest BCUT2D eigenvalue weighted by atomic mass is 16.4. The van der Waals surface area contributed by atoms with E-state index in [1.807, 2.05) is 24.3 Å². The van der Waals surface area contributed by atoms with Crippen molar-refractivity contribution in [1.29, 1.82) is 0 Å². The van der Waals surface area contributed by atoms with Crippen LogP contribution in [-0.2, 0) is 43.2 Å². The monoisotopic (exact) mass is 658 g/mol. The van der Waals surface area contributed by atoms with Crippen LogP contribution in [0.15, 0.2) is 79.0 Å². The first-order valence-electron chi connectivity index (χ1n) is 15.2. The number of primary amides is 1. The van der Waals surface area contributed by atoms with Crippen molar-refractivity contribution < 1.29 is 39.3 Å². The summed E-state index contributed by atoms with van der Waals surface area (Å²) in [7, 11) is 0. The number of hydrogen-bond donors (Lipinski definition) is 9. The number of H-pyrrole nitrogens is 1. The number of carboxylic acids is 1. The maximum absolute atomic E-state index is 13.8. The molecule has 4 aromatic rings. The Bertz CT molecular complexity index is 1760. The average Bonchev–Trinajstić information content (AvgIpc) is 3.46. The highest BCUT2D eigenvalue weighted by molar-refractivity contribution is 5.95. The Hall–Kier alpha value is -5.89. The number of aromatic hydroxyl groups is 2. The van der Waals surface area contributed by atoms with Crippen LogP contribution in [0, 0.1) is 0 Å². The van der Waals surface area contributed by atoms with Crippen molar-refractivity contribution >= 4 is 40.5 Å². The van der Waals surface area contributed by atoms with Crippen molar-refractivity contribution in [2.75, 3.05) is 0 Å². The first kappa shape index (κ1) is 35.0. The third-order valence-corrected chi connectivity index (χ3v) is 7.76. The number of carbonyl (C=O) groups excluding carboxylic acids is 4. The number of phenols is 2. The minimum Gasteiger partial charge on any atom is -0.508 e. The van der Waals surface area contributed by atoms with Gasteiger partial charge in [0.15, 0.2) is 0 Å². The van der Waals surface area contributed by atoms with Crippen molar-refractivity contribution in [3.05, 3.63) is 95.7 Å². The lowest BCUT2D eigenvalue weighted by atomic mass is 10.0. The van der Waals surface area contributed by atoms with Gasteiger partial charge in [0.1, 0.15) is 29.6 Å². The van der Waals surface area contributed by atoms with Crippen molar-refractivity contribution in [3.8, 4) is 11.5 Å². The van der Waals surface area contributed by atoms with E-state index in [-0.39, 0.29) is 43.6 Å². The SMILES string of the molecule is NC(=O)CCC(NC(=O)C(Cc1ccc(O)cc1)NC(=O)C(Cc1ccc(O)cc1)NC(=O)C(N)Cc1c[nH]c2ccccc12)C(=O)O. The van der Waals surface area contributed by atoms with E-state index in [9.17, 15) is 39.3 Å². The maximum atomic E-state index is 13.8.